The molecule has 2 aromatic rings. The van der Waals surface area contributed by atoms with Crippen LogP contribution in [0.25, 0.3) is 0 Å². The zero-order valence-electron chi connectivity index (χ0n) is 10.6. The van der Waals surface area contributed by atoms with Gasteiger partial charge in [-0.15, -0.1) is 0 Å². The van der Waals surface area contributed by atoms with Crippen LogP contribution in [-0.4, -0.2) is 5.91 Å². The van der Waals surface area contributed by atoms with Crippen molar-refractivity contribution in [3.05, 3.63) is 64.6 Å². The third-order valence-corrected chi connectivity index (χ3v) is 3.37. The van der Waals surface area contributed by atoms with Crippen LogP contribution in [0, 0.1) is 0 Å². The number of hydrogen-bond donors (Lipinski definition) is 1. The lowest BCUT2D eigenvalue weighted by molar-refractivity contribution is -0.116. The van der Waals surface area contributed by atoms with Crippen molar-refractivity contribution in [1.82, 2.24) is 0 Å². The maximum atomic E-state index is 11.7. The molecule has 0 saturated carbocycles. The Morgan fingerprint density at radius 2 is 1.68 bits per heavy atom. The second-order valence-corrected chi connectivity index (χ2v) is 5.31. The zero-order valence-corrected chi connectivity index (χ0v) is 12.2. The smallest absolute Gasteiger partial charge is 0.224 e. The van der Waals surface area contributed by atoms with Gasteiger partial charge in [0.05, 0.1) is 0 Å². The Hall–Kier alpha value is -1.61. The summed E-state index contributed by atoms with van der Waals surface area (Å²) in [5, 5.41) is 2.89. The number of aryl methyl sites for hydroxylation is 1. The van der Waals surface area contributed by atoms with E-state index in [1.165, 1.54) is 5.56 Å². The molecule has 0 aliphatic heterocycles. The summed E-state index contributed by atoms with van der Waals surface area (Å²) in [6.45, 7) is 0. The van der Waals surface area contributed by atoms with Crippen molar-refractivity contribution in [2.24, 2.45) is 0 Å². The van der Waals surface area contributed by atoms with Gasteiger partial charge in [0.2, 0.25) is 5.91 Å². The van der Waals surface area contributed by atoms with Crippen LogP contribution in [0.4, 0.5) is 5.69 Å². The van der Waals surface area contributed by atoms with Gasteiger partial charge in [-0.25, -0.2) is 0 Å². The summed E-state index contributed by atoms with van der Waals surface area (Å²) < 4.78 is 1.08. The lowest BCUT2D eigenvalue weighted by Gasteiger charge is -2.05. The highest BCUT2D eigenvalue weighted by Gasteiger charge is 2.02. The number of nitrogens with one attached hydrogen (secondary N) is 1. The summed E-state index contributed by atoms with van der Waals surface area (Å²) in [6.07, 6.45) is 2.33. The molecule has 98 valence electrons. The summed E-state index contributed by atoms with van der Waals surface area (Å²) in [4.78, 5) is 11.7. The summed E-state index contributed by atoms with van der Waals surface area (Å²) in [5.74, 6) is 0.0725. The highest BCUT2D eigenvalue weighted by atomic mass is 79.9. The largest absolute Gasteiger partial charge is 0.326 e. The molecule has 0 atom stereocenters. The van der Waals surface area contributed by atoms with Crippen LogP contribution in [-0.2, 0) is 11.2 Å². The fraction of sp³-hybridized carbons (Fsp3) is 0.188. The SMILES string of the molecule is O=C(CCCc1ccc(Br)cc1)Nc1ccccc1. The molecule has 2 rings (SSSR count). The van der Waals surface area contributed by atoms with Crippen LogP contribution < -0.4 is 5.32 Å². The molecule has 0 aliphatic rings. The number of anilines is 1. The van der Waals surface area contributed by atoms with E-state index in [1.54, 1.807) is 0 Å². The van der Waals surface area contributed by atoms with Crippen LogP contribution in [0.5, 0.6) is 0 Å². The molecule has 1 N–H and O–H groups in total. The third kappa shape index (κ3) is 4.87. The summed E-state index contributed by atoms with van der Waals surface area (Å²) in [5.41, 5.74) is 2.12. The van der Waals surface area contributed by atoms with E-state index in [2.05, 4.69) is 33.4 Å². The van der Waals surface area contributed by atoms with Crippen molar-refractivity contribution in [2.75, 3.05) is 5.32 Å². The normalized spacial score (nSPS) is 10.2. The van der Waals surface area contributed by atoms with Crippen LogP contribution in [0.1, 0.15) is 18.4 Å². The standard InChI is InChI=1S/C16H16BrNO/c17-14-11-9-13(10-12-14)5-4-8-16(19)18-15-6-2-1-3-7-15/h1-3,6-7,9-12H,4-5,8H2,(H,18,19). The van der Waals surface area contributed by atoms with E-state index in [0.29, 0.717) is 6.42 Å². The number of para-hydroxylation sites is 1. The monoisotopic (exact) mass is 317 g/mol. The molecule has 0 fully saturated rings. The van der Waals surface area contributed by atoms with Gasteiger partial charge in [-0.3, -0.25) is 4.79 Å². The molecular weight excluding hydrogens is 302 g/mol. The fourth-order valence-electron chi connectivity index (χ4n) is 1.85. The molecule has 1 amide bonds. The van der Waals surface area contributed by atoms with E-state index in [0.717, 1.165) is 23.0 Å². The third-order valence-electron chi connectivity index (χ3n) is 2.84. The molecule has 0 spiro atoms. The van der Waals surface area contributed by atoms with Gasteiger partial charge < -0.3 is 5.32 Å². The molecule has 3 heteroatoms. The molecule has 19 heavy (non-hydrogen) atoms. The topological polar surface area (TPSA) is 29.1 Å². The maximum absolute atomic E-state index is 11.7. The highest BCUT2D eigenvalue weighted by molar-refractivity contribution is 9.10. The van der Waals surface area contributed by atoms with Crippen molar-refractivity contribution in [1.29, 1.82) is 0 Å². The summed E-state index contributed by atoms with van der Waals surface area (Å²) >= 11 is 3.41. The first kappa shape index (κ1) is 13.8. The summed E-state index contributed by atoms with van der Waals surface area (Å²) in [6, 6.07) is 17.8. The van der Waals surface area contributed by atoms with Crippen LogP contribution in [0.3, 0.4) is 0 Å². The molecule has 2 nitrogen and oxygen atoms in total. The number of amides is 1. The minimum absolute atomic E-state index is 0.0725. The predicted octanol–water partition coefficient (Wildman–Crippen LogP) is 4.41. The Morgan fingerprint density at radius 1 is 1.00 bits per heavy atom. The number of hydrogen-bond acceptors (Lipinski definition) is 1. The molecular formula is C16H16BrNO. The lowest BCUT2D eigenvalue weighted by atomic mass is 10.1. The average Bonchev–Trinajstić information content (AvgIpc) is 2.42. The molecule has 2 aromatic carbocycles. The minimum Gasteiger partial charge on any atom is -0.326 e. The summed E-state index contributed by atoms with van der Waals surface area (Å²) in [7, 11) is 0. The first-order valence-electron chi connectivity index (χ1n) is 6.33. The van der Waals surface area contributed by atoms with Crippen LogP contribution in [0.2, 0.25) is 0 Å². The second-order valence-electron chi connectivity index (χ2n) is 4.39. The van der Waals surface area contributed by atoms with Gasteiger partial charge in [-0.1, -0.05) is 46.3 Å². The number of halogens is 1. The van der Waals surface area contributed by atoms with Crippen molar-refractivity contribution in [2.45, 2.75) is 19.3 Å². The van der Waals surface area contributed by atoms with Crippen molar-refractivity contribution >= 4 is 27.5 Å². The first-order valence-corrected chi connectivity index (χ1v) is 7.13. The van der Waals surface area contributed by atoms with Gasteiger partial charge in [0.15, 0.2) is 0 Å². The maximum Gasteiger partial charge on any atom is 0.224 e. The van der Waals surface area contributed by atoms with Gasteiger partial charge in [-0.05, 0) is 42.7 Å². The van der Waals surface area contributed by atoms with Gasteiger partial charge in [0.1, 0.15) is 0 Å². The van der Waals surface area contributed by atoms with Crippen molar-refractivity contribution in [3.8, 4) is 0 Å². The first-order chi connectivity index (χ1) is 9.24. The van der Waals surface area contributed by atoms with Crippen molar-refractivity contribution < 1.29 is 4.79 Å². The Bertz CT molecular complexity index is 522. The van der Waals surface area contributed by atoms with E-state index >= 15 is 0 Å². The lowest BCUT2D eigenvalue weighted by Crippen LogP contribution is -2.11. The molecule has 0 saturated heterocycles. The Labute approximate surface area is 122 Å². The zero-order chi connectivity index (χ0) is 13.5. The molecule has 0 bridgehead atoms. The number of rotatable bonds is 5. The van der Waals surface area contributed by atoms with Crippen LogP contribution >= 0.6 is 15.9 Å². The quantitative estimate of drug-likeness (QED) is 0.869. The van der Waals surface area contributed by atoms with Crippen LogP contribution in [0.15, 0.2) is 59.1 Å². The molecule has 0 radical (unpaired) electrons. The van der Waals surface area contributed by atoms with Gasteiger partial charge in [-0.2, -0.15) is 0 Å². The second kappa shape index (κ2) is 7.10. The van der Waals surface area contributed by atoms with E-state index in [-0.39, 0.29) is 5.91 Å². The number of carbonyl (C=O) groups excluding carboxylic acids is 1. The van der Waals surface area contributed by atoms with E-state index < -0.39 is 0 Å². The van der Waals surface area contributed by atoms with E-state index in [1.807, 2.05) is 42.5 Å². The predicted molar refractivity (Wildman–Crippen MR) is 82.2 cm³/mol. The van der Waals surface area contributed by atoms with E-state index in [9.17, 15) is 4.79 Å². The Kier molecular flexibility index (Phi) is 5.16. The molecule has 0 aromatic heterocycles. The van der Waals surface area contributed by atoms with E-state index in [4.69, 9.17) is 0 Å². The Balaban J connectivity index is 1.74. The molecule has 0 aliphatic carbocycles. The molecule has 0 unspecified atom stereocenters. The average molecular weight is 318 g/mol. The fourth-order valence-corrected chi connectivity index (χ4v) is 2.11. The van der Waals surface area contributed by atoms with Gasteiger partial charge >= 0.3 is 0 Å². The van der Waals surface area contributed by atoms with Gasteiger partial charge in [0.25, 0.3) is 0 Å². The number of benzene rings is 2. The van der Waals surface area contributed by atoms with Gasteiger partial charge in [0, 0.05) is 16.6 Å². The minimum atomic E-state index is 0.0725. The molecule has 0 heterocycles. The van der Waals surface area contributed by atoms with Crippen molar-refractivity contribution in [3.63, 3.8) is 0 Å². The Morgan fingerprint density at radius 3 is 2.37 bits per heavy atom. The highest BCUT2D eigenvalue weighted by Crippen LogP contribution is 2.13. The number of carbonyl (C=O) groups is 1.